The Balaban J connectivity index is 2.26. The third-order valence-electron chi connectivity index (χ3n) is 2.71. The molecule has 0 saturated heterocycles. The van der Waals surface area contributed by atoms with Gasteiger partial charge in [-0.05, 0) is 11.6 Å². The van der Waals surface area contributed by atoms with Crippen LogP contribution in [-0.4, -0.2) is 29.7 Å². The van der Waals surface area contributed by atoms with E-state index in [1.54, 1.807) is 0 Å². The van der Waals surface area contributed by atoms with E-state index in [4.69, 9.17) is 5.73 Å². The van der Waals surface area contributed by atoms with Crippen molar-refractivity contribution in [1.82, 2.24) is 14.3 Å². The molecule has 0 aliphatic carbocycles. The number of sulfonamides is 1. The topological polar surface area (TPSA) is 89.2 Å². The second-order valence-electron chi connectivity index (χ2n) is 4.13. The van der Waals surface area contributed by atoms with Gasteiger partial charge in [0, 0.05) is 18.1 Å². The maximum atomic E-state index is 12.3. The van der Waals surface area contributed by atoms with Crippen LogP contribution in [0.1, 0.15) is 5.56 Å². The smallest absolute Gasteiger partial charge is 0.246 e. The maximum Gasteiger partial charge on any atom is 0.246 e. The van der Waals surface area contributed by atoms with Crippen molar-refractivity contribution in [2.75, 3.05) is 12.8 Å². The van der Waals surface area contributed by atoms with Crippen LogP contribution in [0.2, 0.25) is 0 Å². The fourth-order valence-corrected chi connectivity index (χ4v) is 3.04. The molecule has 0 spiro atoms. The highest BCUT2D eigenvalue weighted by molar-refractivity contribution is 9.10. The minimum atomic E-state index is -3.64. The standard InChI is InChI=1S/C12H13BrN4O2S/c1-17(8-9-4-2-3-5-11(9)13)20(18,19)10-6-15-12(14)16-7-10/h2-7H,8H2,1H3,(H2,14,15,16). The van der Waals surface area contributed by atoms with Gasteiger partial charge in [-0.25, -0.2) is 18.4 Å². The molecule has 106 valence electrons. The zero-order valence-corrected chi connectivity index (χ0v) is 13.1. The zero-order chi connectivity index (χ0) is 14.8. The second-order valence-corrected chi connectivity index (χ2v) is 7.03. The molecule has 1 aromatic heterocycles. The van der Waals surface area contributed by atoms with Crippen LogP contribution in [0.25, 0.3) is 0 Å². The van der Waals surface area contributed by atoms with Crippen LogP contribution in [0.5, 0.6) is 0 Å². The predicted molar refractivity (Wildman–Crippen MR) is 79.2 cm³/mol. The summed E-state index contributed by atoms with van der Waals surface area (Å²) >= 11 is 3.39. The Hall–Kier alpha value is -1.51. The summed E-state index contributed by atoms with van der Waals surface area (Å²) in [6.07, 6.45) is 2.41. The number of nitrogen functional groups attached to an aromatic ring is 1. The molecule has 0 radical (unpaired) electrons. The van der Waals surface area contributed by atoms with E-state index in [1.165, 1.54) is 23.7 Å². The lowest BCUT2D eigenvalue weighted by atomic mass is 10.2. The zero-order valence-electron chi connectivity index (χ0n) is 10.7. The number of hydrogen-bond donors (Lipinski definition) is 1. The largest absolute Gasteiger partial charge is 0.368 e. The van der Waals surface area contributed by atoms with Crippen LogP contribution in [0, 0.1) is 0 Å². The van der Waals surface area contributed by atoms with Crippen LogP contribution in [0.3, 0.4) is 0 Å². The van der Waals surface area contributed by atoms with Crippen molar-refractivity contribution < 1.29 is 8.42 Å². The molecule has 0 fully saturated rings. The van der Waals surface area contributed by atoms with Crippen molar-refractivity contribution in [3.63, 3.8) is 0 Å². The van der Waals surface area contributed by atoms with E-state index in [0.717, 1.165) is 10.0 Å². The van der Waals surface area contributed by atoms with E-state index >= 15 is 0 Å². The number of anilines is 1. The molecule has 0 aliphatic rings. The Morgan fingerprint density at radius 2 is 1.85 bits per heavy atom. The number of aromatic nitrogens is 2. The van der Waals surface area contributed by atoms with Crippen LogP contribution in [0.15, 0.2) is 46.0 Å². The first-order valence-electron chi connectivity index (χ1n) is 5.68. The van der Waals surface area contributed by atoms with Gasteiger partial charge in [-0.3, -0.25) is 0 Å². The Morgan fingerprint density at radius 3 is 2.45 bits per heavy atom. The predicted octanol–water partition coefficient (Wildman–Crippen LogP) is 1.64. The van der Waals surface area contributed by atoms with Gasteiger partial charge >= 0.3 is 0 Å². The number of hydrogen-bond acceptors (Lipinski definition) is 5. The summed E-state index contributed by atoms with van der Waals surface area (Å²) in [5.74, 6) is 0.0393. The van der Waals surface area contributed by atoms with Gasteiger partial charge in [0.15, 0.2) is 0 Å². The van der Waals surface area contributed by atoms with E-state index in [1.807, 2.05) is 24.3 Å². The minimum absolute atomic E-state index is 0.0150. The normalized spacial score (nSPS) is 11.8. The van der Waals surface area contributed by atoms with Gasteiger partial charge in [0.2, 0.25) is 16.0 Å². The van der Waals surface area contributed by atoms with Crippen LogP contribution < -0.4 is 5.73 Å². The monoisotopic (exact) mass is 356 g/mol. The molecule has 0 aliphatic heterocycles. The summed E-state index contributed by atoms with van der Waals surface area (Å²) < 4.78 is 26.8. The van der Waals surface area contributed by atoms with Gasteiger partial charge in [0.1, 0.15) is 4.90 Å². The van der Waals surface area contributed by atoms with Crippen molar-refractivity contribution >= 4 is 31.9 Å². The summed E-state index contributed by atoms with van der Waals surface area (Å²) in [4.78, 5) is 7.42. The average molecular weight is 357 g/mol. The van der Waals surface area contributed by atoms with E-state index in [9.17, 15) is 8.42 Å². The Bertz CT molecular complexity index is 704. The van der Waals surface area contributed by atoms with Crippen LogP contribution in [-0.2, 0) is 16.6 Å². The fourth-order valence-electron chi connectivity index (χ4n) is 1.59. The van der Waals surface area contributed by atoms with E-state index in [2.05, 4.69) is 25.9 Å². The Kier molecular flexibility index (Phi) is 4.36. The number of benzene rings is 1. The molecule has 20 heavy (non-hydrogen) atoms. The molecule has 2 rings (SSSR count). The molecule has 6 nitrogen and oxygen atoms in total. The number of halogens is 1. The number of nitrogens with two attached hydrogens (primary N) is 1. The summed E-state index contributed by atoms with van der Waals surface area (Å²) in [5.41, 5.74) is 6.22. The molecular weight excluding hydrogens is 344 g/mol. The number of rotatable bonds is 4. The van der Waals surface area contributed by atoms with E-state index < -0.39 is 10.0 Å². The quantitative estimate of drug-likeness (QED) is 0.899. The number of nitrogens with zero attached hydrogens (tertiary/aromatic N) is 3. The molecule has 0 saturated carbocycles. The first-order chi connectivity index (χ1) is 9.41. The van der Waals surface area contributed by atoms with Crippen molar-refractivity contribution in [2.45, 2.75) is 11.4 Å². The highest BCUT2D eigenvalue weighted by Crippen LogP contribution is 2.20. The highest BCUT2D eigenvalue weighted by atomic mass is 79.9. The molecule has 1 aromatic carbocycles. The minimum Gasteiger partial charge on any atom is -0.368 e. The maximum absolute atomic E-state index is 12.3. The lowest BCUT2D eigenvalue weighted by Crippen LogP contribution is -2.27. The fraction of sp³-hybridized carbons (Fsp3) is 0.167. The van der Waals surface area contributed by atoms with Gasteiger partial charge < -0.3 is 5.73 Å². The second kappa shape index (κ2) is 5.86. The Labute approximate surface area is 125 Å². The first kappa shape index (κ1) is 14.9. The summed E-state index contributed by atoms with van der Waals surface area (Å²) in [7, 11) is -2.13. The highest BCUT2D eigenvalue weighted by Gasteiger charge is 2.22. The van der Waals surface area contributed by atoms with Crippen LogP contribution in [0.4, 0.5) is 5.95 Å². The van der Waals surface area contributed by atoms with Gasteiger partial charge in [-0.2, -0.15) is 4.31 Å². The van der Waals surface area contributed by atoms with Crippen molar-refractivity contribution in [3.05, 3.63) is 46.7 Å². The lowest BCUT2D eigenvalue weighted by molar-refractivity contribution is 0.465. The molecule has 2 N–H and O–H groups in total. The summed E-state index contributed by atoms with van der Waals surface area (Å²) in [6.45, 7) is 0.244. The molecule has 1 heterocycles. The van der Waals surface area contributed by atoms with Gasteiger partial charge in [-0.1, -0.05) is 34.1 Å². The Morgan fingerprint density at radius 1 is 1.25 bits per heavy atom. The van der Waals surface area contributed by atoms with Gasteiger partial charge in [0.05, 0.1) is 12.4 Å². The van der Waals surface area contributed by atoms with E-state index in [0.29, 0.717) is 0 Å². The van der Waals surface area contributed by atoms with E-state index in [-0.39, 0.29) is 17.4 Å². The third-order valence-corrected chi connectivity index (χ3v) is 5.24. The van der Waals surface area contributed by atoms with Crippen molar-refractivity contribution in [1.29, 1.82) is 0 Å². The average Bonchev–Trinajstić information content (AvgIpc) is 2.41. The van der Waals surface area contributed by atoms with Crippen molar-refractivity contribution in [2.24, 2.45) is 0 Å². The molecule has 0 bridgehead atoms. The summed E-state index contributed by atoms with van der Waals surface area (Å²) in [6, 6.07) is 7.44. The van der Waals surface area contributed by atoms with Gasteiger partial charge in [-0.15, -0.1) is 0 Å². The first-order valence-corrected chi connectivity index (χ1v) is 7.92. The lowest BCUT2D eigenvalue weighted by Gasteiger charge is -2.17. The molecule has 0 amide bonds. The van der Waals surface area contributed by atoms with Crippen LogP contribution >= 0.6 is 15.9 Å². The SMILES string of the molecule is CN(Cc1ccccc1Br)S(=O)(=O)c1cnc(N)nc1. The van der Waals surface area contributed by atoms with Crippen molar-refractivity contribution in [3.8, 4) is 0 Å². The molecule has 8 heteroatoms. The molecule has 2 aromatic rings. The van der Waals surface area contributed by atoms with Gasteiger partial charge in [0.25, 0.3) is 0 Å². The molecule has 0 unspecified atom stereocenters. The summed E-state index contributed by atoms with van der Waals surface area (Å²) in [5, 5.41) is 0. The molecular formula is C12H13BrN4O2S. The molecule has 0 atom stereocenters. The third kappa shape index (κ3) is 3.14.